The van der Waals surface area contributed by atoms with Crippen LogP contribution in [0.15, 0.2) is 18.2 Å². The summed E-state index contributed by atoms with van der Waals surface area (Å²) in [7, 11) is 3.70. The van der Waals surface area contributed by atoms with Crippen molar-refractivity contribution in [3.63, 3.8) is 0 Å². The molecule has 1 amide bonds. The molecule has 1 aromatic carbocycles. The molecule has 1 aromatic rings. The lowest BCUT2D eigenvalue weighted by Crippen LogP contribution is -2.34. The van der Waals surface area contributed by atoms with Crippen LogP contribution < -0.4 is 16.0 Å². The lowest BCUT2D eigenvalue weighted by atomic mass is 10.1. The van der Waals surface area contributed by atoms with E-state index in [9.17, 15) is 4.79 Å². The van der Waals surface area contributed by atoms with Crippen LogP contribution in [0.4, 0.5) is 11.4 Å². The van der Waals surface area contributed by atoms with Gasteiger partial charge in [-0.25, -0.2) is 0 Å². The van der Waals surface area contributed by atoms with Gasteiger partial charge < -0.3 is 25.6 Å². The van der Waals surface area contributed by atoms with Gasteiger partial charge in [-0.05, 0) is 25.2 Å². The van der Waals surface area contributed by atoms with Gasteiger partial charge in [0.25, 0.3) is 5.91 Å². The van der Waals surface area contributed by atoms with Gasteiger partial charge >= 0.3 is 0 Å². The number of amides is 1. The SMILES string of the molecule is COCCN(C)CCNC(=O)c1ccc2c(c1)NCCN2. The van der Waals surface area contributed by atoms with Gasteiger partial charge in [-0.1, -0.05) is 0 Å². The standard InChI is InChI=1S/C15H24N4O2/c1-19(9-10-21-2)8-7-18-15(20)12-3-4-13-14(11-12)17-6-5-16-13/h3-4,11,16-17H,5-10H2,1-2H3,(H,18,20). The highest BCUT2D eigenvalue weighted by Crippen LogP contribution is 2.25. The number of hydrogen-bond donors (Lipinski definition) is 3. The third-order valence-corrected chi connectivity index (χ3v) is 3.49. The first kappa shape index (κ1) is 15.6. The van der Waals surface area contributed by atoms with Crippen LogP contribution in [0.5, 0.6) is 0 Å². The Morgan fingerprint density at radius 2 is 2.05 bits per heavy atom. The molecular weight excluding hydrogens is 268 g/mol. The summed E-state index contributed by atoms with van der Waals surface area (Å²) >= 11 is 0. The minimum absolute atomic E-state index is 0.0367. The van der Waals surface area contributed by atoms with Crippen molar-refractivity contribution in [1.29, 1.82) is 0 Å². The number of carbonyl (C=O) groups excluding carboxylic acids is 1. The highest BCUT2D eigenvalue weighted by Gasteiger charge is 2.11. The molecule has 0 spiro atoms. The molecule has 21 heavy (non-hydrogen) atoms. The first-order chi connectivity index (χ1) is 10.2. The van der Waals surface area contributed by atoms with Gasteiger partial charge in [-0.3, -0.25) is 4.79 Å². The molecular formula is C15H24N4O2. The quantitative estimate of drug-likeness (QED) is 0.695. The second-order valence-electron chi connectivity index (χ2n) is 5.17. The Morgan fingerprint density at radius 1 is 1.29 bits per heavy atom. The molecule has 0 fully saturated rings. The lowest BCUT2D eigenvalue weighted by molar-refractivity contribution is 0.0947. The Morgan fingerprint density at radius 3 is 2.81 bits per heavy atom. The highest BCUT2D eigenvalue weighted by molar-refractivity contribution is 5.96. The fourth-order valence-corrected chi connectivity index (χ4v) is 2.20. The molecule has 0 saturated carbocycles. The van der Waals surface area contributed by atoms with E-state index < -0.39 is 0 Å². The van der Waals surface area contributed by atoms with E-state index >= 15 is 0 Å². The van der Waals surface area contributed by atoms with Crippen molar-refractivity contribution in [2.24, 2.45) is 0 Å². The average Bonchev–Trinajstić information content (AvgIpc) is 2.52. The number of nitrogens with zero attached hydrogens (tertiary/aromatic N) is 1. The third-order valence-electron chi connectivity index (χ3n) is 3.49. The van der Waals surface area contributed by atoms with Crippen molar-refractivity contribution >= 4 is 17.3 Å². The van der Waals surface area contributed by atoms with Crippen LogP contribution in [-0.2, 0) is 4.74 Å². The molecule has 3 N–H and O–H groups in total. The van der Waals surface area contributed by atoms with Crippen LogP contribution in [-0.4, -0.2) is 64.3 Å². The Bertz CT molecular complexity index is 479. The van der Waals surface area contributed by atoms with E-state index in [1.165, 1.54) is 0 Å². The van der Waals surface area contributed by atoms with Crippen LogP contribution in [0.3, 0.4) is 0 Å². The molecule has 0 bridgehead atoms. The van der Waals surface area contributed by atoms with Crippen LogP contribution in [0.2, 0.25) is 0 Å². The zero-order valence-electron chi connectivity index (χ0n) is 12.7. The normalized spacial score (nSPS) is 13.3. The number of carbonyl (C=O) groups is 1. The molecule has 0 radical (unpaired) electrons. The molecule has 116 valence electrons. The Balaban J connectivity index is 1.80. The summed E-state index contributed by atoms with van der Waals surface area (Å²) in [6.45, 7) is 4.78. The maximum absolute atomic E-state index is 12.1. The first-order valence-corrected chi connectivity index (χ1v) is 7.28. The van der Waals surface area contributed by atoms with E-state index in [-0.39, 0.29) is 5.91 Å². The van der Waals surface area contributed by atoms with Crippen molar-refractivity contribution in [2.45, 2.75) is 0 Å². The molecule has 2 rings (SSSR count). The van der Waals surface area contributed by atoms with E-state index in [0.29, 0.717) is 18.7 Å². The maximum atomic E-state index is 12.1. The lowest BCUT2D eigenvalue weighted by Gasteiger charge is -2.20. The predicted octanol–water partition coefficient (Wildman–Crippen LogP) is 0.832. The summed E-state index contributed by atoms with van der Waals surface area (Å²) in [6, 6.07) is 5.69. The van der Waals surface area contributed by atoms with E-state index in [4.69, 9.17) is 4.74 Å². The van der Waals surface area contributed by atoms with Crippen molar-refractivity contribution in [3.05, 3.63) is 23.8 Å². The van der Waals surface area contributed by atoms with Gasteiger partial charge in [0.2, 0.25) is 0 Å². The molecule has 1 aliphatic rings. The Hall–Kier alpha value is -1.79. The minimum Gasteiger partial charge on any atom is -0.383 e. The molecule has 0 aliphatic carbocycles. The molecule has 6 heteroatoms. The van der Waals surface area contributed by atoms with Crippen molar-refractivity contribution < 1.29 is 9.53 Å². The van der Waals surface area contributed by atoms with Crippen molar-refractivity contribution in [1.82, 2.24) is 10.2 Å². The zero-order chi connectivity index (χ0) is 15.1. The highest BCUT2D eigenvalue weighted by atomic mass is 16.5. The Kier molecular flexibility index (Phi) is 5.83. The fraction of sp³-hybridized carbons (Fsp3) is 0.533. The third kappa shape index (κ3) is 4.61. The summed E-state index contributed by atoms with van der Waals surface area (Å²) < 4.78 is 5.02. The molecule has 0 aromatic heterocycles. The van der Waals surface area contributed by atoms with Gasteiger partial charge in [-0.2, -0.15) is 0 Å². The monoisotopic (exact) mass is 292 g/mol. The maximum Gasteiger partial charge on any atom is 0.251 e. The van der Waals surface area contributed by atoms with E-state index in [1.54, 1.807) is 7.11 Å². The number of likely N-dealkylation sites (N-methyl/N-ethyl adjacent to an activating group) is 1. The molecule has 0 saturated heterocycles. The molecule has 0 atom stereocenters. The fourth-order valence-electron chi connectivity index (χ4n) is 2.20. The van der Waals surface area contributed by atoms with Gasteiger partial charge in [0.15, 0.2) is 0 Å². The first-order valence-electron chi connectivity index (χ1n) is 7.28. The van der Waals surface area contributed by atoms with Gasteiger partial charge in [-0.15, -0.1) is 0 Å². The molecule has 0 unspecified atom stereocenters. The molecule has 1 aliphatic heterocycles. The van der Waals surface area contributed by atoms with Crippen LogP contribution in [0.25, 0.3) is 0 Å². The van der Waals surface area contributed by atoms with Gasteiger partial charge in [0.1, 0.15) is 0 Å². The second kappa shape index (κ2) is 7.85. The molecule has 1 heterocycles. The smallest absolute Gasteiger partial charge is 0.251 e. The van der Waals surface area contributed by atoms with Crippen molar-refractivity contribution in [2.75, 3.05) is 64.1 Å². The summed E-state index contributed by atoms with van der Waals surface area (Å²) in [5.74, 6) is -0.0367. The predicted molar refractivity (Wildman–Crippen MR) is 85.1 cm³/mol. The van der Waals surface area contributed by atoms with Gasteiger partial charge in [0.05, 0.1) is 18.0 Å². The summed E-state index contributed by atoms with van der Waals surface area (Å²) in [5.41, 5.74) is 2.73. The number of hydrogen-bond acceptors (Lipinski definition) is 5. The topological polar surface area (TPSA) is 65.6 Å². The number of fused-ring (bicyclic) bond motifs is 1. The van der Waals surface area contributed by atoms with E-state index in [1.807, 2.05) is 25.2 Å². The summed E-state index contributed by atoms with van der Waals surface area (Å²) in [5, 5.41) is 9.53. The largest absolute Gasteiger partial charge is 0.383 e. The average molecular weight is 292 g/mol. The molecule has 6 nitrogen and oxygen atoms in total. The number of ether oxygens (including phenoxy) is 1. The van der Waals surface area contributed by atoms with Crippen LogP contribution in [0, 0.1) is 0 Å². The van der Waals surface area contributed by atoms with E-state index in [0.717, 1.165) is 37.6 Å². The number of benzene rings is 1. The summed E-state index contributed by atoms with van der Waals surface area (Å²) in [4.78, 5) is 14.3. The van der Waals surface area contributed by atoms with Crippen LogP contribution in [0.1, 0.15) is 10.4 Å². The number of nitrogens with one attached hydrogen (secondary N) is 3. The second-order valence-corrected chi connectivity index (χ2v) is 5.17. The minimum atomic E-state index is -0.0367. The summed E-state index contributed by atoms with van der Waals surface area (Å²) in [6.07, 6.45) is 0. The number of anilines is 2. The Labute approximate surface area is 125 Å². The van der Waals surface area contributed by atoms with Crippen molar-refractivity contribution in [3.8, 4) is 0 Å². The van der Waals surface area contributed by atoms with Gasteiger partial charge in [0, 0.05) is 45.4 Å². The zero-order valence-corrected chi connectivity index (χ0v) is 12.7. The van der Waals surface area contributed by atoms with E-state index in [2.05, 4.69) is 20.9 Å². The number of methoxy groups -OCH3 is 1. The number of rotatable bonds is 7. The van der Waals surface area contributed by atoms with Crippen LogP contribution >= 0.6 is 0 Å².